The Balaban J connectivity index is 1.37. The van der Waals surface area contributed by atoms with Gasteiger partial charge in [0, 0.05) is 55.4 Å². The Bertz CT molecular complexity index is 1270. The molecule has 0 bridgehead atoms. The Kier molecular flexibility index (Phi) is 7.75. The number of carbonyl (C=O) groups is 1. The van der Waals surface area contributed by atoms with Gasteiger partial charge in [0.05, 0.1) is 29.6 Å². The van der Waals surface area contributed by atoms with Crippen LogP contribution in [0.5, 0.6) is 0 Å². The fraction of sp³-hybridized carbons (Fsp3) is 0.567. The number of fused-ring (bicyclic) bond motifs is 5. The Morgan fingerprint density at radius 1 is 1.03 bits per heavy atom. The lowest BCUT2D eigenvalue weighted by molar-refractivity contribution is -0.281. The predicted molar refractivity (Wildman–Crippen MR) is 154 cm³/mol. The summed E-state index contributed by atoms with van der Waals surface area (Å²) in [5, 5.41) is 0. The first-order valence-corrected chi connectivity index (χ1v) is 15.1. The molecule has 3 aromatic rings. The van der Waals surface area contributed by atoms with Gasteiger partial charge in [0.25, 0.3) is 0 Å². The maximum Gasteiger partial charge on any atom is 0.242 e. The fourth-order valence-electron chi connectivity index (χ4n) is 6.71. The molecule has 1 aliphatic carbocycles. The topological polar surface area (TPSA) is 50.2 Å². The van der Waals surface area contributed by atoms with E-state index in [-0.39, 0.29) is 5.91 Å². The number of anilines is 1. The van der Waals surface area contributed by atoms with Gasteiger partial charge in [-0.15, -0.1) is 11.3 Å². The van der Waals surface area contributed by atoms with Crippen molar-refractivity contribution in [3.05, 3.63) is 40.8 Å². The Morgan fingerprint density at radius 2 is 1.82 bits per heavy atom. The third-order valence-electron chi connectivity index (χ3n) is 8.75. The van der Waals surface area contributed by atoms with Crippen molar-refractivity contribution in [3.63, 3.8) is 0 Å². The van der Waals surface area contributed by atoms with Gasteiger partial charge in [-0.2, -0.15) is 0 Å². The minimum absolute atomic E-state index is 0.245. The van der Waals surface area contributed by atoms with Gasteiger partial charge >= 0.3 is 0 Å². The second-order valence-electron chi connectivity index (χ2n) is 10.9. The molecule has 2 aliphatic heterocycles. The number of hydrogen-bond acceptors (Lipinski definition) is 6. The number of carbonyl (C=O) groups excluding carboxylic acids is 1. The summed E-state index contributed by atoms with van der Waals surface area (Å²) in [4.78, 5) is 31.7. The van der Waals surface area contributed by atoms with Gasteiger partial charge in [-0.3, -0.25) is 4.79 Å². The van der Waals surface area contributed by atoms with E-state index >= 15 is 0 Å². The molecule has 0 spiro atoms. The Morgan fingerprint density at radius 3 is 2.58 bits per heavy atom. The molecule has 8 heteroatoms. The zero-order valence-corrected chi connectivity index (χ0v) is 23.6. The third-order valence-corrected chi connectivity index (χ3v) is 9.88. The smallest absolute Gasteiger partial charge is 0.242 e. The van der Waals surface area contributed by atoms with Gasteiger partial charge in [0.1, 0.15) is 6.61 Å². The minimum atomic E-state index is 0.245. The molecular weight excluding hydrogens is 496 g/mol. The van der Waals surface area contributed by atoms with Crippen molar-refractivity contribution in [1.82, 2.24) is 14.4 Å². The van der Waals surface area contributed by atoms with Crippen LogP contribution in [-0.2, 0) is 27.7 Å². The zero-order valence-electron chi connectivity index (χ0n) is 22.8. The third kappa shape index (κ3) is 4.88. The summed E-state index contributed by atoms with van der Waals surface area (Å²) in [6.45, 7) is 9.44. The first kappa shape index (κ1) is 25.9. The SMILES string of the molecule is CCN1CCN(C(=O)CN2CCn3c(c(C4CCCCC4)c4sc(COOC)cc43)-c3ccccc32)CC1. The van der Waals surface area contributed by atoms with Gasteiger partial charge in [0.15, 0.2) is 0 Å². The molecule has 7 nitrogen and oxygen atoms in total. The van der Waals surface area contributed by atoms with E-state index in [9.17, 15) is 4.79 Å². The van der Waals surface area contributed by atoms with E-state index in [0.29, 0.717) is 19.1 Å². The molecule has 1 amide bonds. The second kappa shape index (κ2) is 11.4. The highest BCUT2D eigenvalue weighted by Gasteiger charge is 2.32. The molecule has 3 aliphatic rings. The molecule has 0 atom stereocenters. The first-order chi connectivity index (χ1) is 18.7. The normalized spacial score (nSPS) is 19.0. The number of para-hydroxylation sites is 1. The summed E-state index contributed by atoms with van der Waals surface area (Å²) < 4.78 is 3.95. The average Bonchev–Trinajstić information content (AvgIpc) is 3.46. The van der Waals surface area contributed by atoms with Gasteiger partial charge in [0.2, 0.25) is 5.91 Å². The molecule has 0 N–H and O–H groups in total. The largest absolute Gasteiger partial charge is 0.360 e. The Labute approximate surface area is 229 Å². The van der Waals surface area contributed by atoms with Crippen molar-refractivity contribution >= 4 is 33.1 Å². The van der Waals surface area contributed by atoms with Crippen molar-refractivity contribution in [2.45, 2.75) is 58.1 Å². The van der Waals surface area contributed by atoms with Crippen LogP contribution in [0.25, 0.3) is 21.5 Å². The number of amides is 1. The lowest BCUT2D eigenvalue weighted by Crippen LogP contribution is -2.51. The number of nitrogens with zero attached hydrogens (tertiary/aromatic N) is 4. The van der Waals surface area contributed by atoms with Gasteiger partial charge in [-0.25, -0.2) is 9.78 Å². The highest BCUT2D eigenvalue weighted by Crippen LogP contribution is 2.49. The summed E-state index contributed by atoms with van der Waals surface area (Å²) in [5.41, 5.74) is 6.66. The number of hydrogen-bond donors (Lipinski definition) is 0. The molecule has 204 valence electrons. The molecule has 1 saturated carbocycles. The number of thiophene rings is 1. The predicted octanol–water partition coefficient (Wildman–Crippen LogP) is 5.48. The number of rotatable bonds is 7. The number of piperazine rings is 1. The van der Waals surface area contributed by atoms with Gasteiger partial charge < -0.3 is 19.3 Å². The van der Waals surface area contributed by atoms with Crippen LogP contribution >= 0.6 is 11.3 Å². The maximum absolute atomic E-state index is 13.5. The van der Waals surface area contributed by atoms with Crippen molar-refractivity contribution in [1.29, 1.82) is 0 Å². The highest BCUT2D eigenvalue weighted by molar-refractivity contribution is 7.19. The van der Waals surface area contributed by atoms with E-state index in [1.54, 1.807) is 7.11 Å². The lowest BCUT2D eigenvalue weighted by Gasteiger charge is -2.35. The Hall–Kier alpha value is -2.39. The zero-order chi connectivity index (χ0) is 26.1. The van der Waals surface area contributed by atoms with E-state index in [1.165, 1.54) is 69.7 Å². The van der Waals surface area contributed by atoms with Crippen molar-refractivity contribution in [2.75, 3.05) is 57.8 Å². The van der Waals surface area contributed by atoms with Crippen LogP contribution in [0.3, 0.4) is 0 Å². The summed E-state index contributed by atoms with van der Waals surface area (Å²) in [6.07, 6.45) is 6.45. The van der Waals surface area contributed by atoms with Gasteiger partial charge in [-0.05, 0) is 43.0 Å². The fourth-order valence-corrected chi connectivity index (χ4v) is 7.90. The minimum Gasteiger partial charge on any atom is -0.360 e. The lowest BCUT2D eigenvalue weighted by atomic mass is 9.83. The summed E-state index contributed by atoms with van der Waals surface area (Å²) in [6, 6.07) is 11.1. The quantitative estimate of drug-likeness (QED) is 0.296. The van der Waals surface area contributed by atoms with E-state index in [2.05, 4.69) is 56.5 Å². The van der Waals surface area contributed by atoms with E-state index in [1.807, 2.05) is 11.3 Å². The molecule has 6 rings (SSSR count). The summed E-state index contributed by atoms with van der Waals surface area (Å²) in [7, 11) is 1.57. The van der Waals surface area contributed by atoms with Crippen molar-refractivity contribution < 1.29 is 14.6 Å². The van der Waals surface area contributed by atoms with Crippen LogP contribution in [0.15, 0.2) is 30.3 Å². The first-order valence-electron chi connectivity index (χ1n) is 14.3. The van der Waals surface area contributed by atoms with E-state index in [4.69, 9.17) is 9.78 Å². The van der Waals surface area contributed by atoms with Crippen LogP contribution in [0.1, 0.15) is 55.4 Å². The van der Waals surface area contributed by atoms with Crippen LogP contribution in [0.4, 0.5) is 5.69 Å². The standard InChI is InChI=1S/C30H40N4O3S/c1-3-31-13-15-32(16-14-31)27(35)20-33-17-18-34-26-19-23(21-37-36-2)38-30(26)28(22-9-5-4-6-10-22)29(34)24-11-7-8-12-25(24)33/h7-8,11-12,19,22H,3-6,9-10,13-18,20-21H2,1-2H3. The molecule has 4 heterocycles. The monoisotopic (exact) mass is 536 g/mol. The number of aromatic nitrogens is 1. The van der Waals surface area contributed by atoms with E-state index in [0.717, 1.165) is 45.8 Å². The van der Waals surface area contributed by atoms with Crippen LogP contribution < -0.4 is 4.90 Å². The molecule has 1 aromatic carbocycles. The van der Waals surface area contributed by atoms with Crippen LogP contribution in [-0.4, -0.2) is 73.2 Å². The van der Waals surface area contributed by atoms with Crippen LogP contribution in [0, 0.1) is 0 Å². The summed E-state index contributed by atoms with van der Waals surface area (Å²) >= 11 is 1.86. The molecule has 0 radical (unpaired) electrons. The molecular formula is C30H40N4O3S. The molecule has 2 aromatic heterocycles. The second-order valence-corrected chi connectivity index (χ2v) is 12.0. The van der Waals surface area contributed by atoms with Crippen molar-refractivity contribution in [2.24, 2.45) is 0 Å². The average molecular weight is 537 g/mol. The molecule has 0 unspecified atom stereocenters. The van der Waals surface area contributed by atoms with Crippen LogP contribution in [0.2, 0.25) is 0 Å². The van der Waals surface area contributed by atoms with Crippen molar-refractivity contribution in [3.8, 4) is 11.3 Å². The number of likely N-dealkylation sites (N-methyl/N-ethyl adjacent to an activating group) is 1. The van der Waals surface area contributed by atoms with E-state index < -0.39 is 0 Å². The maximum atomic E-state index is 13.5. The molecule has 38 heavy (non-hydrogen) atoms. The van der Waals surface area contributed by atoms with Gasteiger partial charge in [-0.1, -0.05) is 44.4 Å². The molecule has 2 fully saturated rings. The molecule has 1 saturated heterocycles. The summed E-state index contributed by atoms with van der Waals surface area (Å²) in [5.74, 6) is 0.822. The number of benzene rings is 1. The highest BCUT2D eigenvalue weighted by atomic mass is 32.1.